The lowest BCUT2D eigenvalue weighted by Crippen LogP contribution is -2.11. The number of hydrogen-bond donors (Lipinski definition) is 0. The fourth-order valence-corrected chi connectivity index (χ4v) is 2.16. The van der Waals surface area contributed by atoms with Gasteiger partial charge in [0.25, 0.3) is 0 Å². The molecular formula is C14H12Cl2N2O. The van der Waals surface area contributed by atoms with Crippen molar-refractivity contribution in [3.8, 4) is 0 Å². The van der Waals surface area contributed by atoms with Crippen molar-refractivity contribution < 1.29 is 4.79 Å². The molecule has 0 amide bonds. The first kappa shape index (κ1) is 13.8. The zero-order valence-electron chi connectivity index (χ0n) is 10.5. The van der Waals surface area contributed by atoms with Crippen molar-refractivity contribution in [2.45, 2.75) is 0 Å². The van der Waals surface area contributed by atoms with Crippen molar-refractivity contribution in [3.63, 3.8) is 0 Å². The Labute approximate surface area is 121 Å². The number of anilines is 1. The molecule has 0 spiro atoms. The lowest BCUT2D eigenvalue weighted by atomic mass is 10.1. The van der Waals surface area contributed by atoms with Crippen LogP contribution in [0, 0.1) is 0 Å². The molecule has 3 nitrogen and oxygen atoms in total. The molecule has 0 saturated carbocycles. The zero-order valence-corrected chi connectivity index (χ0v) is 12.0. The van der Waals surface area contributed by atoms with Crippen LogP contribution in [0.15, 0.2) is 36.5 Å². The molecule has 1 aromatic carbocycles. The van der Waals surface area contributed by atoms with Crippen molar-refractivity contribution >= 4 is 34.8 Å². The van der Waals surface area contributed by atoms with Crippen LogP contribution in [0.3, 0.4) is 0 Å². The lowest BCUT2D eigenvalue weighted by molar-refractivity contribution is 0.103. The Balaban J connectivity index is 2.33. The topological polar surface area (TPSA) is 33.2 Å². The van der Waals surface area contributed by atoms with Gasteiger partial charge in [0.1, 0.15) is 5.82 Å². The SMILES string of the molecule is CN(C)c1ccc(C(=O)c2cc(Cl)cc(Cl)c2)cn1. The summed E-state index contributed by atoms with van der Waals surface area (Å²) in [6, 6.07) is 8.30. The minimum absolute atomic E-state index is 0.151. The van der Waals surface area contributed by atoms with Gasteiger partial charge in [-0.2, -0.15) is 0 Å². The Bertz CT molecular complexity index is 589. The number of aromatic nitrogens is 1. The lowest BCUT2D eigenvalue weighted by Gasteiger charge is -2.11. The van der Waals surface area contributed by atoms with Crippen molar-refractivity contribution in [1.29, 1.82) is 0 Å². The first-order valence-corrected chi connectivity index (χ1v) is 6.37. The Morgan fingerprint density at radius 2 is 1.68 bits per heavy atom. The Hall–Kier alpha value is -1.58. The third kappa shape index (κ3) is 3.25. The fourth-order valence-electron chi connectivity index (χ4n) is 1.64. The molecule has 1 heterocycles. The van der Waals surface area contributed by atoms with E-state index in [0.29, 0.717) is 21.2 Å². The third-order valence-corrected chi connectivity index (χ3v) is 3.03. The van der Waals surface area contributed by atoms with E-state index in [1.54, 1.807) is 36.5 Å². The molecule has 0 aliphatic heterocycles. The molecule has 5 heteroatoms. The van der Waals surface area contributed by atoms with E-state index in [1.807, 2.05) is 19.0 Å². The first-order valence-electron chi connectivity index (χ1n) is 5.61. The van der Waals surface area contributed by atoms with Gasteiger partial charge in [-0.05, 0) is 30.3 Å². The summed E-state index contributed by atoms with van der Waals surface area (Å²) < 4.78 is 0. The third-order valence-electron chi connectivity index (χ3n) is 2.59. The summed E-state index contributed by atoms with van der Waals surface area (Å²) >= 11 is 11.8. The monoisotopic (exact) mass is 294 g/mol. The van der Waals surface area contributed by atoms with E-state index in [-0.39, 0.29) is 5.78 Å². The smallest absolute Gasteiger partial charge is 0.194 e. The summed E-state index contributed by atoms with van der Waals surface area (Å²) in [6.07, 6.45) is 1.55. The Kier molecular flexibility index (Phi) is 4.08. The average molecular weight is 295 g/mol. The normalized spacial score (nSPS) is 10.3. The Morgan fingerprint density at radius 1 is 1.05 bits per heavy atom. The van der Waals surface area contributed by atoms with Gasteiger partial charge < -0.3 is 4.90 Å². The predicted molar refractivity (Wildman–Crippen MR) is 78.5 cm³/mol. The second-order valence-corrected chi connectivity index (χ2v) is 5.16. The number of hydrogen-bond acceptors (Lipinski definition) is 3. The van der Waals surface area contributed by atoms with Crippen LogP contribution in [-0.4, -0.2) is 24.9 Å². The minimum atomic E-state index is -0.151. The number of pyridine rings is 1. The van der Waals surface area contributed by atoms with E-state index in [1.165, 1.54) is 0 Å². The van der Waals surface area contributed by atoms with Crippen molar-refractivity contribution in [1.82, 2.24) is 4.98 Å². The van der Waals surface area contributed by atoms with E-state index in [2.05, 4.69) is 4.98 Å². The first-order chi connectivity index (χ1) is 8.97. The average Bonchev–Trinajstić information content (AvgIpc) is 2.37. The highest BCUT2D eigenvalue weighted by molar-refractivity contribution is 6.35. The van der Waals surface area contributed by atoms with Gasteiger partial charge in [-0.15, -0.1) is 0 Å². The predicted octanol–water partition coefficient (Wildman–Crippen LogP) is 3.69. The fraction of sp³-hybridized carbons (Fsp3) is 0.143. The van der Waals surface area contributed by atoms with Crippen molar-refractivity contribution in [2.24, 2.45) is 0 Å². The van der Waals surface area contributed by atoms with Crippen molar-refractivity contribution in [3.05, 3.63) is 57.7 Å². The summed E-state index contributed by atoms with van der Waals surface area (Å²) in [5.74, 6) is 0.642. The van der Waals surface area contributed by atoms with Crippen LogP contribution in [0.2, 0.25) is 10.0 Å². The summed E-state index contributed by atoms with van der Waals surface area (Å²) in [5.41, 5.74) is 0.959. The molecule has 0 N–H and O–H groups in total. The van der Waals surface area contributed by atoms with Crippen molar-refractivity contribution in [2.75, 3.05) is 19.0 Å². The maximum absolute atomic E-state index is 12.3. The number of carbonyl (C=O) groups is 1. The van der Waals surface area contributed by atoms with E-state index >= 15 is 0 Å². The molecule has 2 rings (SSSR count). The van der Waals surface area contributed by atoms with E-state index in [9.17, 15) is 4.79 Å². The Morgan fingerprint density at radius 3 is 2.16 bits per heavy atom. The van der Waals surface area contributed by atoms with Crippen LogP contribution < -0.4 is 4.90 Å². The van der Waals surface area contributed by atoms with Crippen LogP contribution in [0.1, 0.15) is 15.9 Å². The van der Waals surface area contributed by atoms with Crippen LogP contribution in [-0.2, 0) is 0 Å². The molecule has 98 valence electrons. The molecule has 0 aliphatic carbocycles. The standard InChI is InChI=1S/C14H12Cl2N2O/c1-18(2)13-4-3-9(8-17-13)14(19)10-5-11(15)7-12(16)6-10/h3-8H,1-2H3. The molecule has 0 radical (unpaired) electrons. The van der Waals surface area contributed by atoms with Gasteiger partial charge in [0.15, 0.2) is 5.78 Å². The summed E-state index contributed by atoms with van der Waals surface area (Å²) in [6.45, 7) is 0. The highest BCUT2D eigenvalue weighted by Gasteiger charge is 2.11. The molecule has 0 atom stereocenters. The molecule has 0 saturated heterocycles. The number of carbonyl (C=O) groups excluding carboxylic acids is 1. The van der Waals surface area contributed by atoms with Gasteiger partial charge in [0.05, 0.1) is 0 Å². The molecule has 19 heavy (non-hydrogen) atoms. The molecule has 0 bridgehead atoms. The van der Waals surface area contributed by atoms with E-state index < -0.39 is 0 Å². The number of ketones is 1. The maximum Gasteiger partial charge on any atom is 0.194 e. The number of benzene rings is 1. The molecule has 0 aliphatic rings. The highest BCUT2D eigenvalue weighted by Crippen LogP contribution is 2.21. The summed E-state index contributed by atoms with van der Waals surface area (Å²) in [4.78, 5) is 18.3. The number of halogens is 2. The second kappa shape index (κ2) is 5.59. The number of nitrogens with zero attached hydrogens (tertiary/aromatic N) is 2. The van der Waals surface area contributed by atoms with Gasteiger partial charge in [-0.1, -0.05) is 23.2 Å². The van der Waals surface area contributed by atoms with Gasteiger partial charge in [-0.3, -0.25) is 4.79 Å². The number of rotatable bonds is 3. The molecule has 0 unspecified atom stereocenters. The van der Waals surface area contributed by atoms with Crippen LogP contribution in [0.5, 0.6) is 0 Å². The van der Waals surface area contributed by atoms with Gasteiger partial charge >= 0.3 is 0 Å². The quantitative estimate of drug-likeness (QED) is 0.810. The van der Waals surface area contributed by atoms with E-state index in [4.69, 9.17) is 23.2 Å². The van der Waals surface area contributed by atoms with Crippen LogP contribution >= 0.6 is 23.2 Å². The molecule has 1 aromatic heterocycles. The van der Waals surface area contributed by atoms with Crippen LogP contribution in [0.25, 0.3) is 0 Å². The minimum Gasteiger partial charge on any atom is -0.363 e. The zero-order chi connectivity index (χ0) is 14.0. The molecule has 2 aromatic rings. The van der Waals surface area contributed by atoms with Gasteiger partial charge in [-0.25, -0.2) is 4.98 Å². The highest BCUT2D eigenvalue weighted by atomic mass is 35.5. The van der Waals surface area contributed by atoms with Crippen LogP contribution in [0.4, 0.5) is 5.82 Å². The summed E-state index contributed by atoms with van der Waals surface area (Å²) in [7, 11) is 3.78. The van der Waals surface area contributed by atoms with Gasteiger partial charge in [0.2, 0.25) is 0 Å². The molecular weight excluding hydrogens is 283 g/mol. The maximum atomic E-state index is 12.3. The largest absolute Gasteiger partial charge is 0.363 e. The second-order valence-electron chi connectivity index (χ2n) is 4.29. The van der Waals surface area contributed by atoms with E-state index in [0.717, 1.165) is 5.82 Å². The summed E-state index contributed by atoms with van der Waals surface area (Å²) in [5, 5.41) is 0.877. The van der Waals surface area contributed by atoms with Gasteiger partial charge in [0, 0.05) is 41.5 Å². The molecule has 0 fully saturated rings.